The second-order valence-corrected chi connectivity index (χ2v) is 16.5. The average Bonchev–Trinajstić information content (AvgIpc) is 3.81. The fourth-order valence-electron chi connectivity index (χ4n) is 5.57. The van der Waals surface area contributed by atoms with Gasteiger partial charge in [0.1, 0.15) is 22.9 Å². The Morgan fingerprint density at radius 3 is 1.69 bits per heavy atom. The van der Waals surface area contributed by atoms with E-state index in [2.05, 4.69) is 74.7 Å². The van der Waals surface area contributed by atoms with Crippen LogP contribution in [0.2, 0.25) is 0 Å². The van der Waals surface area contributed by atoms with Gasteiger partial charge in [0.25, 0.3) is 0 Å². The number of aromatic nitrogens is 5. The number of aliphatic hydroxyl groups excluding tert-OH is 1. The number of anilines is 6. The summed E-state index contributed by atoms with van der Waals surface area (Å²) in [5, 5.41) is 36.5. The van der Waals surface area contributed by atoms with E-state index in [0.29, 0.717) is 82.1 Å². The van der Waals surface area contributed by atoms with E-state index in [-0.39, 0.29) is 39.2 Å². The molecular formula is C35H45N13O6S4. The van der Waals surface area contributed by atoms with Crippen LogP contribution in [0.3, 0.4) is 0 Å². The highest BCUT2D eigenvalue weighted by atomic mass is 32.3. The molecule has 19 nitrogen and oxygen atoms in total. The zero-order chi connectivity index (χ0) is 42.0. The number of rotatable bonds is 20. The molecule has 0 spiro atoms. The molecular weight excluding hydrogens is 827 g/mol. The maximum atomic E-state index is 11.9. The molecule has 2 aromatic carbocycles. The molecule has 3 aromatic heterocycles. The Kier molecular flexibility index (Phi) is 15.2. The number of thioether (sulfide) groups is 1. The molecule has 3 heterocycles. The molecule has 23 heteroatoms. The largest absolute Gasteiger partial charge is 0.494 e. The number of benzene rings is 2. The number of thiazole rings is 2. The molecule has 0 fully saturated rings. The standard InChI is InChI=1S/C35H45N13O6S4/c1-9-47(10-2)26-15-22(24(17-28(26)53-7)43-45-34-36-20(5)19-56-34)38-31-40-32(42-33(41-31)55-14-13-49)39-23-16-27(48(11-3)12-4)29(54-8)18-25(23)44-46-35-37-21(6)30(57-35)58(50,51)52/h15-19,49H,9-14H2,1-8H3,(H,50,51,52)(H2,38,39,40,41,42). The fraction of sp³-hybridized carbons (Fsp3) is 0.400. The van der Waals surface area contributed by atoms with Gasteiger partial charge in [-0.05, 0) is 53.7 Å². The van der Waals surface area contributed by atoms with Gasteiger partial charge < -0.3 is 35.0 Å². The number of nitrogens with one attached hydrogen (secondary N) is 2. The van der Waals surface area contributed by atoms with E-state index >= 15 is 0 Å². The van der Waals surface area contributed by atoms with E-state index in [9.17, 15) is 18.1 Å². The molecule has 0 atom stereocenters. The highest BCUT2D eigenvalue weighted by Crippen LogP contribution is 2.43. The molecule has 310 valence electrons. The number of ether oxygens (including phenoxy) is 2. The summed E-state index contributed by atoms with van der Waals surface area (Å²) in [7, 11) is -1.35. The van der Waals surface area contributed by atoms with E-state index in [4.69, 9.17) is 14.5 Å². The molecule has 5 aromatic rings. The predicted molar refractivity (Wildman–Crippen MR) is 229 cm³/mol. The van der Waals surface area contributed by atoms with Crippen LogP contribution in [-0.4, -0.2) is 95.8 Å². The molecule has 0 saturated heterocycles. The highest BCUT2D eigenvalue weighted by Gasteiger charge is 2.21. The normalized spacial score (nSPS) is 11.8. The van der Waals surface area contributed by atoms with Crippen LogP contribution in [0.5, 0.6) is 11.5 Å². The van der Waals surface area contributed by atoms with Gasteiger partial charge in [-0.3, -0.25) is 4.55 Å². The quantitative estimate of drug-likeness (QED) is 0.0325. The molecule has 0 unspecified atom stereocenters. The Morgan fingerprint density at radius 2 is 1.28 bits per heavy atom. The van der Waals surface area contributed by atoms with Gasteiger partial charge in [-0.2, -0.15) is 23.4 Å². The average molecular weight is 872 g/mol. The van der Waals surface area contributed by atoms with Gasteiger partial charge in [-0.1, -0.05) is 23.1 Å². The number of azo groups is 2. The lowest BCUT2D eigenvalue weighted by Gasteiger charge is -2.25. The number of aliphatic hydroxyl groups is 1. The van der Waals surface area contributed by atoms with Crippen LogP contribution in [0.4, 0.5) is 56.3 Å². The van der Waals surface area contributed by atoms with Crippen molar-refractivity contribution in [2.24, 2.45) is 20.5 Å². The van der Waals surface area contributed by atoms with Crippen molar-refractivity contribution >= 4 is 101 Å². The van der Waals surface area contributed by atoms with Gasteiger partial charge in [-0.25, -0.2) is 9.97 Å². The summed E-state index contributed by atoms with van der Waals surface area (Å²) in [6.45, 7) is 14.1. The second kappa shape index (κ2) is 20.1. The Balaban J connectivity index is 1.63. The summed E-state index contributed by atoms with van der Waals surface area (Å²) in [4.78, 5) is 26.8. The van der Waals surface area contributed by atoms with Crippen molar-refractivity contribution in [1.82, 2.24) is 24.9 Å². The Bertz CT molecular complexity index is 2360. The van der Waals surface area contributed by atoms with Crippen LogP contribution >= 0.6 is 34.4 Å². The number of nitrogens with zero attached hydrogens (tertiary/aromatic N) is 11. The SMILES string of the molecule is CCN(CC)c1cc(Nc2nc(Nc3cc(N(CC)CC)c(OC)cc3N=Nc3nc(C)c(S(=O)(=O)O)s3)nc(SCCO)n2)c(N=Nc2nc(C)cs2)cc1OC. The third kappa shape index (κ3) is 10.9. The van der Waals surface area contributed by atoms with Crippen molar-refractivity contribution < 1.29 is 27.6 Å². The first-order chi connectivity index (χ1) is 27.8. The van der Waals surface area contributed by atoms with Crippen LogP contribution in [0.1, 0.15) is 39.1 Å². The number of hydrogen-bond acceptors (Lipinski definition) is 21. The van der Waals surface area contributed by atoms with E-state index in [1.165, 1.54) is 30.0 Å². The molecule has 0 amide bonds. The summed E-state index contributed by atoms with van der Waals surface area (Å²) in [6, 6.07) is 7.19. The van der Waals surface area contributed by atoms with Crippen LogP contribution < -0.4 is 29.9 Å². The van der Waals surface area contributed by atoms with Crippen LogP contribution in [0.25, 0.3) is 0 Å². The molecule has 0 aliphatic carbocycles. The third-order valence-electron chi connectivity index (χ3n) is 8.30. The first-order valence-electron chi connectivity index (χ1n) is 18.0. The summed E-state index contributed by atoms with van der Waals surface area (Å²) >= 11 is 3.28. The number of methoxy groups -OCH3 is 2. The zero-order valence-electron chi connectivity index (χ0n) is 33.2. The number of aryl methyl sites for hydroxylation is 2. The second-order valence-electron chi connectivity index (χ2n) is 12.0. The van der Waals surface area contributed by atoms with Gasteiger partial charge in [0, 0.05) is 49.4 Å². The van der Waals surface area contributed by atoms with E-state index in [1.54, 1.807) is 26.4 Å². The van der Waals surface area contributed by atoms with Crippen LogP contribution in [-0.2, 0) is 10.1 Å². The summed E-state index contributed by atoms with van der Waals surface area (Å²) in [5.41, 5.74) is 4.17. The lowest BCUT2D eigenvalue weighted by molar-refractivity contribution is 0.322. The van der Waals surface area contributed by atoms with E-state index in [1.807, 2.05) is 38.3 Å². The Morgan fingerprint density at radius 1 is 0.759 bits per heavy atom. The minimum Gasteiger partial charge on any atom is -0.494 e. The zero-order valence-corrected chi connectivity index (χ0v) is 36.5. The maximum Gasteiger partial charge on any atom is 0.306 e. The summed E-state index contributed by atoms with van der Waals surface area (Å²) in [6.07, 6.45) is 0. The minimum atomic E-state index is -4.50. The van der Waals surface area contributed by atoms with Crippen molar-refractivity contribution in [3.05, 3.63) is 41.0 Å². The summed E-state index contributed by atoms with van der Waals surface area (Å²) < 4.78 is 44.6. The van der Waals surface area contributed by atoms with Gasteiger partial charge in [0.05, 0.1) is 55.0 Å². The Labute approximate surface area is 348 Å². The maximum absolute atomic E-state index is 11.9. The minimum absolute atomic E-state index is 0.0127. The molecule has 0 aliphatic heterocycles. The highest BCUT2D eigenvalue weighted by molar-refractivity contribution is 7.99. The van der Waals surface area contributed by atoms with Crippen molar-refractivity contribution in [3.63, 3.8) is 0 Å². The van der Waals surface area contributed by atoms with E-state index in [0.717, 1.165) is 17.1 Å². The van der Waals surface area contributed by atoms with Gasteiger partial charge >= 0.3 is 10.1 Å². The molecule has 0 aliphatic rings. The van der Waals surface area contributed by atoms with Gasteiger partial charge in [0.15, 0.2) is 9.37 Å². The molecule has 0 bridgehead atoms. The van der Waals surface area contributed by atoms with Crippen molar-refractivity contribution in [2.45, 2.75) is 50.9 Å². The molecule has 5 rings (SSSR count). The van der Waals surface area contributed by atoms with Crippen molar-refractivity contribution in [2.75, 3.05) is 73.2 Å². The van der Waals surface area contributed by atoms with Gasteiger partial charge in [-0.15, -0.1) is 31.8 Å². The molecule has 4 N–H and O–H groups in total. The van der Waals surface area contributed by atoms with Crippen molar-refractivity contribution in [1.29, 1.82) is 0 Å². The first kappa shape index (κ1) is 44.0. The lowest BCUT2D eigenvalue weighted by Crippen LogP contribution is -2.22. The van der Waals surface area contributed by atoms with Crippen molar-refractivity contribution in [3.8, 4) is 11.5 Å². The smallest absolute Gasteiger partial charge is 0.306 e. The lowest BCUT2D eigenvalue weighted by atomic mass is 10.2. The molecule has 0 saturated carbocycles. The number of hydrogen-bond donors (Lipinski definition) is 4. The molecule has 58 heavy (non-hydrogen) atoms. The predicted octanol–water partition coefficient (Wildman–Crippen LogP) is 8.76. The first-order valence-corrected chi connectivity index (χ1v) is 22.1. The fourth-order valence-corrected chi connectivity index (χ4v) is 8.45. The Hall–Kier alpha value is -5.07. The third-order valence-corrected chi connectivity index (χ3v) is 12.5. The summed E-state index contributed by atoms with van der Waals surface area (Å²) in [5.74, 6) is 1.71. The van der Waals surface area contributed by atoms with Crippen LogP contribution in [0, 0.1) is 13.8 Å². The monoisotopic (exact) mass is 871 g/mol. The topological polar surface area (TPSA) is 237 Å². The van der Waals surface area contributed by atoms with Crippen LogP contribution in [0.15, 0.2) is 59.5 Å². The van der Waals surface area contributed by atoms with Gasteiger partial charge in [0.2, 0.25) is 22.2 Å². The van der Waals surface area contributed by atoms with E-state index < -0.39 is 10.1 Å². The molecule has 0 radical (unpaired) electrons.